The number of aromatic nitrogens is 1. The Bertz CT molecular complexity index is 872. The molecule has 0 aliphatic carbocycles. The van der Waals surface area contributed by atoms with Crippen molar-refractivity contribution in [3.63, 3.8) is 0 Å². The molecule has 3 aromatic rings. The van der Waals surface area contributed by atoms with E-state index in [0.29, 0.717) is 23.8 Å². The monoisotopic (exact) mass is 370 g/mol. The van der Waals surface area contributed by atoms with Crippen LogP contribution in [0.25, 0.3) is 22.6 Å². The van der Waals surface area contributed by atoms with Crippen molar-refractivity contribution in [3.05, 3.63) is 48.5 Å². The lowest BCUT2D eigenvalue weighted by Crippen LogP contribution is -2.13. The number of hydrogen-bond donors (Lipinski definition) is 1. The lowest BCUT2D eigenvalue weighted by molar-refractivity contribution is -0.137. The Labute approximate surface area is 154 Å². The maximum atomic E-state index is 11.9. The summed E-state index contributed by atoms with van der Waals surface area (Å²) in [5.41, 5.74) is 3.09. The van der Waals surface area contributed by atoms with Gasteiger partial charge in [-0.25, -0.2) is 4.98 Å². The zero-order valence-electron chi connectivity index (χ0n) is 14.2. The fraction of sp³-hybridized carbons (Fsp3) is 0.211. The summed E-state index contributed by atoms with van der Waals surface area (Å²) in [5.74, 6) is 0.968. The number of rotatable bonds is 7. The van der Waals surface area contributed by atoms with Crippen LogP contribution in [0.4, 0.5) is 5.69 Å². The molecule has 0 aliphatic heterocycles. The number of hydrogen-bond acceptors (Lipinski definition) is 6. The molecule has 0 saturated heterocycles. The van der Waals surface area contributed by atoms with Gasteiger partial charge in [0.05, 0.1) is 12.9 Å². The summed E-state index contributed by atoms with van der Waals surface area (Å²) >= 11 is 1.37. The number of anilines is 1. The van der Waals surface area contributed by atoms with E-state index >= 15 is 0 Å². The third kappa shape index (κ3) is 4.64. The van der Waals surface area contributed by atoms with E-state index in [9.17, 15) is 9.59 Å². The van der Waals surface area contributed by atoms with Gasteiger partial charge < -0.3 is 14.5 Å². The molecule has 0 radical (unpaired) electrons. The van der Waals surface area contributed by atoms with Gasteiger partial charge in [0.25, 0.3) is 0 Å². The van der Waals surface area contributed by atoms with Crippen LogP contribution in [0.3, 0.4) is 0 Å². The van der Waals surface area contributed by atoms with Crippen molar-refractivity contribution in [2.75, 3.05) is 23.9 Å². The number of carbonyl (C=O) groups is 2. The first kappa shape index (κ1) is 18.0. The molecule has 1 amide bonds. The minimum atomic E-state index is -0.287. The number of carbonyl (C=O) groups excluding carboxylic acids is 2. The van der Waals surface area contributed by atoms with E-state index in [4.69, 9.17) is 4.42 Å². The van der Waals surface area contributed by atoms with Gasteiger partial charge in [-0.05, 0) is 36.4 Å². The molecule has 3 rings (SSSR count). The van der Waals surface area contributed by atoms with Crippen molar-refractivity contribution in [2.45, 2.75) is 6.42 Å². The molecular weight excluding hydrogens is 352 g/mol. The Kier molecular flexibility index (Phi) is 5.91. The first-order valence-corrected chi connectivity index (χ1v) is 9.21. The second-order valence-corrected chi connectivity index (χ2v) is 6.60. The third-order valence-corrected chi connectivity index (χ3v) is 4.56. The molecule has 134 valence electrons. The molecule has 0 atom stereocenters. The van der Waals surface area contributed by atoms with Crippen molar-refractivity contribution in [2.24, 2.45) is 0 Å². The second kappa shape index (κ2) is 8.53. The fourth-order valence-corrected chi connectivity index (χ4v) is 3.05. The van der Waals surface area contributed by atoms with Gasteiger partial charge in [0, 0.05) is 23.4 Å². The number of fused-ring (bicyclic) bond motifs is 1. The largest absolute Gasteiger partial charge is 0.468 e. The zero-order chi connectivity index (χ0) is 18.4. The Balaban J connectivity index is 1.54. The number of amides is 1. The van der Waals surface area contributed by atoms with Crippen LogP contribution in [0.15, 0.2) is 52.9 Å². The lowest BCUT2D eigenvalue weighted by Gasteiger charge is -2.05. The Morgan fingerprint density at radius 2 is 1.92 bits per heavy atom. The van der Waals surface area contributed by atoms with Crippen LogP contribution in [0.2, 0.25) is 0 Å². The number of nitrogens with zero attached hydrogens (tertiary/aromatic N) is 1. The number of ether oxygens (including phenoxy) is 1. The molecule has 2 aromatic carbocycles. The summed E-state index contributed by atoms with van der Waals surface area (Å²) in [6.45, 7) is 0. The fourth-order valence-electron chi connectivity index (χ4n) is 2.29. The molecule has 1 heterocycles. The first-order valence-electron chi connectivity index (χ1n) is 8.06. The topological polar surface area (TPSA) is 81.4 Å². The number of benzene rings is 2. The smallest absolute Gasteiger partial charge is 0.315 e. The van der Waals surface area contributed by atoms with Gasteiger partial charge in [-0.1, -0.05) is 12.1 Å². The van der Waals surface area contributed by atoms with Gasteiger partial charge in [-0.3, -0.25) is 9.59 Å². The summed E-state index contributed by atoms with van der Waals surface area (Å²) in [6.07, 6.45) is 0.328. The van der Waals surface area contributed by atoms with Crippen molar-refractivity contribution in [3.8, 4) is 11.5 Å². The number of nitrogens with one attached hydrogen (secondary N) is 1. The molecule has 1 aromatic heterocycles. The van der Waals surface area contributed by atoms with Crippen LogP contribution in [0.5, 0.6) is 0 Å². The molecule has 26 heavy (non-hydrogen) atoms. The lowest BCUT2D eigenvalue weighted by atomic mass is 10.2. The highest BCUT2D eigenvalue weighted by Gasteiger charge is 2.09. The van der Waals surface area contributed by atoms with Crippen molar-refractivity contribution in [1.29, 1.82) is 0 Å². The maximum Gasteiger partial charge on any atom is 0.315 e. The predicted molar refractivity (Wildman–Crippen MR) is 102 cm³/mol. The molecule has 0 aliphatic rings. The molecule has 6 nitrogen and oxygen atoms in total. The van der Waals surface area contributed by atoms with Crippen molar-refractivity contribution >= 4 is 40.4 Å². The number of esters is 1. The Morgan fingerprint density at radius 1 is 1.15 bits per heavy atom. The average molecular weight is 370 g/mol. The van der Waals surface area contributed by atoms with Crippen LogP contribution in [-0.2, 0) is 14.3 Å². The quantitative estimate of drug-likeness (QED) is 0.504. The molecule has 0 bridgehead atoms. The van der Waals surface area contributed by atoms with E-state index < -0.39 is 0 Å². The van der Waals surface area contributed by atoms with E-state index in [2.05, 4.69) is 15.0 Å². The van der Waals surface area contributed by atoms with Crippen LogP contribution in [-0.4, -0.2) is 35.5 Å². The molecule has 1 N–H and O–H groups in total. The van der Waals surface area contributed by atoms with Crippen LogP contribution >= 0.6 is 11.8 Å². The maximum absolute atomic E-state index is 11.9. The number of methoxy groups -OCH3 is 1. The molecular formula is C19H18N2O4S. The van der Waals surface area contributed by atoms with E-state index in [1.165, 1.54) is 18.9 Å². The van der Waals surface area contributed by atoms with E-state index in [1.807, 2.05) is 48.5 Å². The summed E-state index contributed by atoms with van der Waals surface area (Å²) in [5, 5.41) is 2.83. The van der Waals surface area contributed by atoms with Crippen molar-refractivity contribution < 1.29 is 18.7 Å². The van der Waals surface area contributed by atoms with Gasteiger partial charge in [0.15, 0.2) is 5.58 Å². The number of thioether (sulfide) groups is 1. The van der Waals surface area contributed by atoms with Gasteiger partial charge >= 0.3 is 5.97 Å². The highest BCUT2D eigenvalue weighted by atomic mass is 32.2. The summed E-state index contributed by atoms with van der Waals surface area (Å²) in [6, 6.07) is 14.9. The highest BCUT2D eigenvalue weighted by Crippen LogP contribution is 2.25. The third-order valence-electron chi connectivity index (χ3n) is 3.63. The zero-order valence-corrected chi connectivity index (χ0v) is 15.0. The molecule has 0 saturated carbocycles. The minimum Gasteiger partial charge on any atom is -0.468 e. The minimum absolute atomic E-state index is 0.100. The van der Waals surface area contributed by atoms with Gasteiger partial charge in [-0.2, -0.15) is 0 Å². The van der Waals surface area contributed by atoms with E-state index in [1.54, 1.807) is 0 Å². The molecule has 7 heteroatoms. The number of oxazole rings is 1. The molecule has 0 fully saturated rings. The highest BCUT2D eigenvalue weighted by molar-refractivity contribution is 7.99. The second-order valence-electron chi connectivity index (χ2n) is 5.49. The predicted octanol–water partition coefficient (Wildman–Crippen LogP) is 3.73. The summed E-state index contributed by atoms with van der Waals surface area (Å²) < 4.78 is 10.3. The van der Waals surface area contributed by atoms with Crippen LogP contribution in [0, 0.1) is 0 Å². The normalized spacial score (nSPS) is 10.7. The summed E-state index contributed by atoms with van der Waals surface area (Å²) in [7, 11) is 1.35. The van der Waals surface area contributed by atoms with Gasteiger partial charge in [0.1, 0.15) is 5.52 Å². The van der Waals surface area contributed by atoms with Crippen molar-refractivity contribution in [1.82, 2.24) is 4.98 Å². The Hall–Kier alpha value is -2.80. The first-order chi connectivity index (χ1) is 12.7. The summed E-state index contributed by atoms with van der Waals surface area (Å²) in [4.78, 5) is 27.4. The van der Waals surface area contributed by atoms with Gasteiger partial charge in [-0.15, -0.1) is 11.8 Å². The van der Waals surface area contributed by atoms with E-state index in [-0.39, 0.29) is 17.6 Å². The average Bonchev–Trinajstić information content (AvgIpc) is 3.09. The van der Waals surface area contributed by atoms with E-state index in [0.717, 1.165) is 16.7 Å². The number of para-hydroxylation sites is 2. The molecule has 0 spiro atoms. The standard InChI is InChI=1S/C19H18N2O4S/c1-24-18(23)12-26-11-10-17(22)20-14-8-6-13(7-9-14)19-21-15-4-2-3-5-16(15)25-19/h2-9H,10-12H2,1H3,(H,20,22). The Morgan fingerprint density at radius 3 is 2.65 bits per heavy atom. The van der Waals surface area contributed by atoms with Gasteiger partial charge in [0.2, 0.25) is 11.8 Å². The van der Waals surface area contributed by atoms with Crippen LogP contribution in [0.1, 0.15) is 6.42 Å². The SMILES string of the molecule is COC(=O)CSCCC(=O)Nc1ccc(-c2nc3ccccc3o2)cc1. The van der Waals surface area contributed by atoms with Crippen LogP contribution < -0.4 is 5.32 Å². The molecule has 0 unspecified atom stereocenters.